The molecule has 6 heteroatoms. The molecule has 0 aliphatic heterocycles. The lowest BCUT2D eigenvalue weighted by Gasteiger charge is -2.13. The molecule has 0 saturated carbocycles. The van der Waals surface area contributed by atoms with Gasteiger partial charge in [-0.2, -0.15) is 0 Å². The van der Waals surface area contributed by atoms with Crippen LogP contribution in [0.5, 0.6) is 5.75 Å². The van der Waals surface area contributed by atoms with Crippen LogP contribution in [0, 0.1) is 10.5 Å². The van der Waals surface area contributed by atoms with Gasteiger partial charge >= 0.3 is 5.97 Å². The van der Waals surface area contributed by atoms with Gasteiger partial charge in [-0.25, -0.2) is 4.79 Å². The van der Waals surface area contributed by atoms with Gasteiger partial charge in [-0.05, 0) is 58.8 Å². The third kappa shape index (κ3) is 4.47. The van der Waals surface area contributed by atoms with Crippen molar-refractivity contribution in [3.8, 4) is 5.75 Å². The van der Waals surface area contributed by atoms with Crippen LogP contribution in [0.15, 0.2) is 47.6 Å². The molecule has 0 bridgehead atoms. The number of aryl methyl sites for hydroxylation is 1. The molecular weight excluding hydrogens is 421 g/mol. The van der Waals surface area contributed by atoms with Crippen molar-refractivity contribution in [2.75, 3.05) is 14.2 Å². The second-order valence-corrected chi connectivity index (χ2v) is 6.22. The van der Waals surface area contributed by atoms with Crippen LogP contribution in [-0.4, -0.2) is 25.9 Å². The summed E-state index contributed by atoms with van der Waals surface area (Å²) < 4.78 is 11.8. The highest BCUT2D eigenvalue weighted by molar-refractivity contribution is 14.1. The SMILES string of the molecule is CON=C(C(=O)OC)c1ccccc1COc1ccc(I)cc1C. The third-order valence-electron chi connectivity index (χ3n) is 3.35. The summed E-state index contributed by atoms with van der Waals surface area (Å²) >= 11 is 2.26. The van der Waals surface area contributed by atoms with Crippen LogP contribution in [0.1, 0.15) is 16.7 Å². The molecule has 0 aromatic heterocycles. The predicted octanol–water partition coefficient (Wildman–Crippen LogP) is 3.70. The highest BCUT2D eigenvalue weighted by Gasteiger charge is 2.19. The van der Waals surface area contributed by atoms with Crippen LogP contribution in [0.4, 0.5) is 0 Å². The Hall–Kier alpha value is -2.09. The first-order valence-electron chi connectivity index (χ1n) is 7.23. The van der Waals surface area contributed by atoms with Crippen molar-refractivity contribution in [1.29, 1.82) is 0 Å². The summed E-state index contributed by atoms with van der Waals surface area (Å²) in [6.45, 7) is 2.30. The van der Waals surface area contributed by atoms with Crippen molar-refractivity contribution in [1.82, 2.24) is 0 Å². The number of oxime groups is 1. The molecule has 0 amide bonds. The predicted molar refractivity (Wildman–Crippen MR) is 100 cm³/mol. The van der Waals surface area contributed by atoms with Crippen molar-refractivity contribution in [3.63, 3.8) is 0 Å². The second kappa shape index (κ2) is 8.68. The number of halogens is 1. The van der Waals surface area contributed by atoms with Gasteiger partial charge < -0.3 is 14.3 Å². The topological polar surface area (TPSA) is 57.1 Å². The van der Waals surface area contributed by atoms with Crippen molar-refractivity contribution in [2.45, 2.75) is 13.5 Å². The molecule has 0 fully saturated rings. The van der Waals surface area contributed by atoms with E-state index in [0.29, 0.717) is 12.2 Å². The zero-order valence-electron chi connectivity index (χ0n) is 13.7. The largest absolute Gasteiger partial charge is 0.489 e. The van der Waals surface area contributed by atoms with E-state index in [1.807, 2.05) is 43.3 Å². The average Bonchev–Trinajstić information content (AvgIpc) is 2.59. The lowest BCUT2D eigenvalue weighted by atomic mass is 10.0. The number of ether oxygens (including phenoxy) is 2. The Bertz CT molecular complexity index is 758. The normalized spacial score (nSPS) is 11.1. The summed E-state index contributed by atoms with van der Waals surface area (Å²) in [5, 5.41) is 3.80. The summed E-state index contributed by atoms with van der Waals surface area (Å²) in [5.41, 5.74) is 2.60. The number of benzene rings is 2. The molecule has 5 nitrogen and oxygen atoms in total. The Kier molecular flexibility index (Phi) is 6.60. The second-order valence-electron chi connectivity index (χ2n) is 4.97. The van der Waals surface area contributed by atoms with Gasteiger partial charge in [-0.1, -0.05) is 29.4 Å². The molecule has 0 unspecified atom stereocenters. The summed E-state index contributed by atoms with van der Waals surface area (Å²) in [4.78, 5) is 16.7. The van der Waals surface area contributed by atoms with E-state index in [1.165, 1.54) is 14.2 Å². The zero-order valence-corrected chi connectivity index (χ0v) is 15.9. The van der Waals surface area contributed by atoms with E-state index >= 15 is 0 Å². The summed E-state index contributed by atoms with van der Waals surface area (Å²) in [6.07, 6.45) is 0. The fourth-order valence-electron chi connectivity index (χ4n) is 2.19. The molecule has 0 spiro atoms. The van der Waals surface area contributed by atoms with Gasteiger partial charge in [0.1, 0.15) is 19.5 Å². The molecular formula is C18H18INO4. The maximum Gasteiger partial charge on any atom is 0.360 e. The van der Waals surface area contributed by atoms with Crippen molar-refractivity contribution in [3.05, 3.63) is 62.7 Å². The minimum atomic E-state index is -0.560. The number of carbonyl (C=O) groups is 1. The monoisotopic (exact) mass is 439 g/mol. The van der Waals surface area contributed by atoms with E-state index in [-0.39, 0.29) is 5.71 Å². The van der Waals surface area contributed by atoms with Crippen LogP contribution in [0.2, 0.25) is 0 Å². The van der Waals surface area contributed by atoms with Gasteiger partial charge in [-0.3, -0.25) is 0 Å². The average molecular weight is 439 g/mol. The standard InChI is InChI=1S/C18H18INO4/c1-12-10-14(19)8-9-16(12)24-11-13-6-4-5-7-15(13)17(20-23-3)18(21)22-2/h4-10H,11H2,1-3H3. The first-order valence-corrected chi connectivity index (χ1v) is 8.31. The lowest BCUT2D eigenvalue weighted by Crippen LogP contribution is -2.19. The molecule has 0 heterocycles. The summed E-state index contributed by atoms with van der Waals surface area (Å²) in [5.74, 6) is 0.239. The van der Waals surface area contributed by atoms with Gasteiger partial charge in [0.25, 0.3) is 0 Å². The fraction of sp³-hybridized carbons (Fsp3) is 0.222. The van der Waals surface area contributed by atoms with Crippen LogP contribution < -0.4 is 4.74 Å². The van der Waals surface area contributed by atoms with Gasteiger partial charge in [0, 0.05) is 9.13 Å². The van der Waals surface area contributed by atoms with E-state index < -0.39 is 5.97 Å². The van der Waals surface area contributed by atoms with E-state index in [2.05, 4.69) is 27.7 Å². The molecule has 0 aliphatic rings. The van der Waals surface area contributed by atoms with Crippen molar-refractivity contribution in [2.24, 2.45) is 5.16 Å². The number of hydrogen-bond acceptors (Lipinski definition) is 5. The minimum absolute atomic E-state index is 0.110. The molecule has 0 aliphatic carbocycles. The molecule has 2 aromatic rings. The lowest BCUT2D eigenvalue weighted by molar-refractivity contribution is -0.132. The molecule has 0 atom stereocenters. The molecule has 24 heavy (non-hydrogen) atoms. The van der Waals surface area contributed by atoms with Crippen molar-refractivity contribution >= 4 is 34.3 Å². The van der Waals surface area contributed by atoms with Crippen LogP contribution >= 0.6 is 22.6 Å². The first-order chi connectivity index (χ1) is 11.6. The maximum absolute atomic E-state index is 11.9. The van der Waals surface area contributed by atoms with Crippen LogP contribution in [0.3, 0.4) is 0 Å². The Morgan fingerprint density at radius 1 is 1.17 bits per heavy atom. The van der Waals surface area contributed by atoms with E-state index in [0.717, 1.165) is 20.4 Å². The van der Waals surface area contributed by atoms with Gasteiger partial charge in [0.05, 0.1) is 7.11 Å². The number of methoxy groups -OCH3 is 1. The minimum Gasteiger partial charge on any atom is -0.489 e. The Labute approximate surface area is 154 Å². The summed E-state index contributed by atoms with van der Waals surface area (Å²) in [6, 6.07) is 13.3. The maximum atomic E-state index is 11.9. The molecule has 0 N–H and O–H groups in total. The molecule has 0 saturated heterocycles. The van der Waals surface area contributed by atoms with E-state index in [9.17, 15) is 4.79 Å². The van der Waals surface area contributed by atoms with Gasteiger partial charge in [0.2, 0.25) is 0 Å². The highest BCUT2D eigenvalue weighted by Crippen LogP contribution is 2.22. The Morgan fingerprint density at radius 3 is 2.58 bits per heavy atom. The van der Waals surface area contributed by atoms with Gasteiger partial charge in [-0.15, -0.1) is 0 Å². The van der Waals surface area contributed by atoms with Gasteiger partial charge in [0.15, 0.2) is 5.71 Å². The molecule has 126 valence electrons. The fourth-order valence-corrected chi connectivity index (χ4v) is 2.84. The van der Waals surface area contributed by atoms with Crippen LogP contribution in [0.25, 0.3) is 0 Å². The number of carbonyl (C=O) groups excluding carboxylic acids is 1. The molecule has 0 radical (unpaired) electrons. The molecule has 2 rings (SSSR count). The van der Waals surface area contributed by atoms with E-state index in [1.54, 1.807) is 6.07 Å². The van der Waals surface area contributed by atoms with Crippen LogP contribution in [-0.2, 0) is 21.0 Å². The number of hydrogen-bond donors (Lipinski definition) is 0. The first kappa shape index (κ1) is 18.3. The zero-order chi connectivity index (χ0) is 17.5. The Morgan fingerprint density at radius 2 is 1.92 bits per heavy atom. The summed E-state index contributed by atoms with van der Waals surface area (Å²) in [7, 11) is 2.69. The quantitative estimate of drug-likeness (QED) is 0.298. The number of nitrogens with zero attached hydrogens (tertiary/aromatic N) is 1. The van der Waals surface area contributed by atoms with E-state index in [4.69, 9.17) is 14.3 Å². The Balaban J connectivity index is 2.28. The van der Waals surface area contributed by atoms with Crippen molar-refractivity contribution < 1.29 is 19.1 Å². The smallest absolute Gasteiger partial charge is 0.360 e. The number of rotatable bonds is 6. The highest BCUT2D eigenvalue weighted by atomic mass is 127. The third-order valence-corrected chi connectivity index (χ3v) is 4.02. The number of esters is 1. The molecule has 2 aromatic carbocycles.